The Bertz CT molecular complexity index is 1280. The van der Waals surface area contributed by atoms with E-state index in [2.05, 4.69) is 0 Å². The Hall–Kier alpha value is -3.63. The zero-order valence-electron chi connectivity index (χ0n) is 17.8. The van der Waals surface area contributed by atoms with Crippen molar-refractivity contribution in [2.75, 3.05) is 13.7 Å². The number of esters is 1. The molecule has 0 atom stereocenters. The Morgan fingerprint density at radius 3 is 2.44 bits per heavy atom. The molecular weight excluding hydrogens is 422 g/mol. The lowest BCUT2D eigenvalue weighted by molar-refractivity contribution is 0.0527. The van der Waals surface area contributed by atoms with Crippen molar-refractivity contribution >= 4 is 40.6 Å². The molecule has 0 aliphatic heterocycles. The van der Waals surface area contributed by atoms with Gasteiger partial charge < -0.3 is 9.47 Å². The van der Waals surface area contributed by atoms with Crippen molar-refractivity contribution < 1.29 is 14.3 Å². The van der Waals surface area contributed by atoms with Gasteiger partial charge in [-0.2, -0.15) is 0 Å². The van der Waals surface area contributed by atoms with Gasteiger partial charge in [-0.3, -0.25) is 0 Å². The van der Waals surface area contributed by atoms with E-state index in [1.165, 1.54) is 0 Å². The minimum atomic E-state index is -0.421. The summed E-state index contributed by atoms with van der Waals surface area (Å²) < 4.78 is 10.7. The van der Waals surface area contributed by atoms with Gasteiger partial charge in [0, 0.05) is 16.0 Å². The molecule has 0 N–H and O–H groups in total. The van der Waals surface area contributed by atoms with E-state index in [4.69, 9.17) is 26.1 Å². The molecule has 0 aliphatic rings. The number of hydrogen-bond donors (Lipinski definition) is 0. The van der Waals surface area contributed by atoms with Gasteiger partial charge in [0.2, 0.25) is 0 Å². The maximum atomic E-state index is 13.1. The van der Waals surface area contributed by atoms with Gasteiger partial charge in [0.25, 0.3) is 0 Å². The van der Waals surface area contributed by atoms with Gasteiger partial charge in [0.1, 0.15) is 5.75 Å². The monoisotopic (exact) mass is 443 g/mol. The van der Waals surface area contributed by atoms with Crippen LogP contribution in [0.1, 0.15) is 28.5 Å². The summed E-state index contributed by atoms with van der Waals surface area (Å²) in [4.78, 5) is 17.9. The van der Waals surface area contributed by atoms with Crippen LogP contribution >= 0.6 is 11.6 Å². The molecule has 4 aromatic rings. The van der Waals surface area contributed by atoms with Crippen molar-refractivity contribution in [3.63, 3.8) is 0 Å². The molecule has 0 unspecified atom stereocenters. The fraction of sp³-hybridized carbons (Fsp3) is 0.111. The average Bonchev–Trinajstić information content (AvgIpc) is 2.83. The van der Waals surface area contributed by atoms with E-state index in [-0.39, 0.29) is 6.61 Å². The fourth-order valence-electron chi connectivity index (χ4n) is 3.58. The van der Waals surface area contributed by atoms with Gasteiger partial charge in [-0.05, 0) is 54.5 Å². The molecule has 1 heterocycles. The van der Waals surface area contributed by atoms with Crippen LogP contribution in [0, 0.1) is 0 Å². The first-order valence-electron chi connectivity index (χ1n) is 10.3. The van der Waals surface area contributed by atoms with Crippen LogP contribution in [-0.2, 0) is 4.74 Å². The molecule has 0 aliphatic carbocycles. The highest BCUT2D eigenvalue weighted by atomic mass is 35.5. The van der Waals surface area contributed by atoms with Gasteiger partial charge in [-0.1, -0.05) is 60.1 Å². The van der Waals surface area contributed by atoms with E-state index in [0.29, 0.717) is 16.3 Å². The summed E-state index contributed by atoms with van der Waals surface area (Å²) >= 11 is 6.31. The van der Waals surface area contributed by atoms with E-state index in [0.717, 1.165) is 33.3 Å². The Morgan fingerprint density at radius 1 is 1.00 bits per heavy atom. The molecule has 4 rings (SSSR count). The first-order chi connectivity index (χ1) is 15.6. The number of fused-ring (bicyclic) bond motifs is 1. The fourth-order valence-corrected chi connectivity index (χ4v) is 3.75. The number of carbonyl (C=O) groups is 1. The Kier molecular flexibility index (Phi) is 6.52. The molecule has 160 valence electrons. The van der Waals surface area contributed by atoms with Crippen LogP contribution in [0.15, 0.2) is 72.8 Å². The molecule has 0 radical (unpaired) electrons. The Morgan fingerprint density at radius 2 is 1.75 bits per heavy atom. The van der Waals surface area contributed by atoms with Crippen molar-refractivity contribution in [3.8, 4) is 16.9 Å². The highest BCUT2D eigenvalue weighted by molar-refractivity contribution is 6.31. The standard InChI is InChI=1S/C27H22ClNO3/c1-3-32-27(30)26-24(15-11-18-9-13-21(31-2)14-10-18)29-23-16-12-20(28)17-22(23)25(26)19-7-5-4-6-8-19/h4-17H,3H2,1-2H3/b15-11+. The van der Waals surface area contributed by atoms with Crippen LogP contribution in [-0.4, -0.2) is 24.7 Å². The Labute approximate surface area is 192 Å². The number of benzene rings is 3. The van der Waals surface area contributed by atoms with Crippen LogP contribution in [0.3, 0.4) is 0 Å². The predicted molar refractivity (Wildman–Crippen MR) is 130 cm³/mol. The SMILES string of the molecule is CCOC(=O)c1c(/C=C/c2ccc(OC)cc2)nc2ccc(Cl)cc2c1-c1ccccc1. The molecule has 0 spiro atoms. The second-order valence-electron chi connectivity index (χ2n) is 7.10. The lowest BCUT2D eigenvalue weighted by Crippen LogP contribution is -2.11. The zero-order valence-corrected chi connectivity index (χ0v) is 18.6. The first kappa shape index (κ1) is 21.6. The summed E-state index contributed by atoms with van der Waals surface area (Å²) in [5, 5.41) is 1.38. The van der Waals surface area contributed by atoms with Crippen LogP contribution in [0.25, 0.3) is 34.2 Å². The third-order valence-corrected chi connectivity index (χ3v) is 5.30. The lowest BCUT2D eigenvalue weighted by Gasteiger charge is -2.15. The molecule has 5 heteroatoms. The van der Waals surface area contributed by atoms with Gasteiger partial charge in [0.05, 0.1) is 30.5 Å². The molecule has 4 nitrogen and oxygen atoms in total. The minimum Gasteiger partial charge on any atom is -0.497 e. The summed E-state index contributed by atoms with van der Waals surface area (Å²) in [5.74, 6) is 0.358. The van der Waals surface area contributed by atoms with Crippen molar-refractivity contribution in [1.82, 2.24) is 4.98 Å². The van der Waals surface area contributed by atoms with Crippen LogP contribution < -0.4 is 4.74 Å². The summed E-state index contributed by atoms with van der Waals surface area (Å²) in [5.41, 5.74) is 4.30. The second-order valence-corrected chi connectivity index (χ2v) is 7.54. The molecule has 0 saturated carbocycles. The topological polar surface area (TPSA) is 48.4 Å². The number of nitrogens with zero attached hydrogens (tertiary/aromatic N) is 1. The third kappa shape index (κ3) is 4.51. The van der Waals surface area contributed by atoms with Gasteiger partial charge >= 0.3 is 5.97 Å². The van der Waals surface area contributed by atoms with Crippen molar-refractivity contribution in [1.29, 1.82) is 0 Å². The quantitative estimate of drug-likeness (QED) is 0.304. The maximum Gasteiger partial charge on any atom is 0.340 e. The second kappa shape index (κ2) is 9.67. The first-order valence-corrected chi connectivity index (χ1v) is 10.7. The summed E-state index contributed by atoms with van der Waals surface area (Å²) in [6.45, 7) is 2.06. The summed E-state index contributed by atoms with van der Waals surface area (Å²) in [7, 11) is 1.63. The number of halogens is 1. The van der Waals surface area contributed by atoms with E-state index in [1.807, 2.05) is 78.9 Å². The lowest BCUT2D eigenvalue weighted by atomic mass is 9.93. The summed E-state index contributed by atoms with van der Waals surface area (Å²) in [6.07, 6.45) is 3.76. The van der Waals surface area contributed by atoms with Gasteiger partial charge in [0.15, 0.2) is 0 Å². The smallest absolute Gasteiger partial charge is 0.340 e. The molecule has 1 aromatic heterocycles. The normalized spacial score (nSPS) is 11.1. The highest BCUT2D eigenvalue weighted by Gasteiger charge is 2.22. The van der Waals surface area contributed by atoms with E-state index < -0.39 is 5.97 Å². The number of methoxy groups -OCH3 is 1. The number of ether oxygens (including phenoxy) is 2. The largest absolute Gasteiger partial charge is 0.497 e. The van der Waals surface area contributed by atoms with Gasteiger partial charge in [-0.15, -0.1) is 0 Å². The molecule has 0 bridgehead atoms. The van der Waals surface area contributed by atoms with Crippen molar-refractivity contribution in [3.05, 3.63) is 94.6 Å². The van der Waals surface area contributed by atoms with Gasteiger partial charge in [-0.25, -0.2) is 9.78 Å². The van der Waals surface area contributed by atoms with E-state index >= 15 is 0 Å². The molecule has 32 heavy (non-hydrogen) atoms. The van der Waals surface area contributed by atoms with Crippen LogP contribution in [0.5, 0.6) is 5.75 Å². The predicted octanol–water partition coefficient (Wildman–Crippen LogP) is 6.91. The molecule has 0 saturated heterocycles. The van der Waals surface area contributed by atoms with Crippen LogP contribution in [0.4, 0.5) is 0 Å². The van der Waals surface area contributed by atoms with Crippen molar-refractivity contribution in [2.45, 2.75) is 6.92 Å². The molecule has 0 fully saturated rings. The van der Waals surface area contributed by atoms with E-state index in [1.54, 1.807) is 20.1 Å². The van der Waals surface area contributed by atoms with Crippen molar-refractivity contribution in [2.24, 2.45) is 0 Å². The minimum absolute atomic E-state index is 0.266. The van der Waals surface area contributed by atoms with E-state index in [9.17, 15) is 4.79 Å². The molecule has 0 amide bonds. The number of aromatic nitrogens is 1. The molecule has 3 aromatic carbocycles. The number of pyridine rings is 1. The number of rotatable bonds is 6. The average molecular weight is 444 g/mol. The number of carbonyl (C=O) groups excluding carboxylic acids is 1. The third-order valence-electron chi connectivity index (χ3n) is 5.07. The Balaban J connectivity index is 1.96. The number of hydrogen-bond acceptors (Lipinski definition) is 4. The zero-order chi connectivity index (χ0) is 22.5. The van der Waals surface area contributed by atoms with Crippen LogP contribution in [0.2, 0.25) is 5.02 Å². The molecular formula is C27H22ClNO3. The highest BCUT2D eigenvalue weighted by Crippen LogP contribution is 2.35. The summed E-state index contributed by atoms with van der Waals surface area (Å²) in [6, 6.07) is 22.9. The maximum absolute atomic E-state index is 13.1.